The van der Waals surface area contributed by atoms with Crippen molar-refractivity contribution in [1.29, 1.82) is 0 Å². The average molecular weight is 264 g/mol. The van der Waals surface area contributed by atoms with E-state index < -0.39 is 12.7 Å². The second kappa shape index (κ2) is 5.78. The molecule has 2 nitrogen and oxygen atoms in total. The monoisotopic (exact) mass is 264 g/mol. The molecule has 0 aromatic rings. The summed E-state index contributed by atoms with van der Waals surface area (Å²) in [6.45, 7) is -0.304. The largest absolute Gasteiger partial charge is 0.401 e. The molecule has 2 fully saturated rings. The Hall–Kier alpha value is -0.290. The van der Waals surface area contributed by atoms with Crippen molar-refractivity contribution in [2.75, 3.05) is 20.1 Å². The Balaban J connectivity index is 1.77. The Labute approximate surface area is 107 Å². The molecule has 1 saturated heterocycles. The zero-order valence-corrected chi connectivity index (χ0v) is 11.0. The minimum absolute atomic E-state index is 0.233. The van der Waals surface area contributed by atoms with E-state index >= 15 is 0 Å². The molecule has 0 aromatic carbocycles. The van der Waals surface area contributed by atoms with E-state index in [1.165, 1.54) is 37.0 Å². The average Bonchev–Trinajstić information content (AvgIpc) is 2.26. The Bertz CT molecular complexity index is 267. The van der Waals surface area contributed by atoms with E-state index in [0.29, 0.717) is 12.6 Å². The standard InChI is InChI=1S/C13H23F3N2/c1-18(9-13(14,15)16)8-11-7-6-10-4-2-3-5-12(10)17-11/h10-12,17H,2-9H2,1H3. The van der Waals surface area contributed by atoms with Gasteiger partial charge in [0.1, 0.15) is 0 Å². The van der Waals surface area contributed by atoms with Gasteiger partial charge >= 0.3 is 6.18 Å². The van der Waals surface area contributed by atoms with Crippen LogP contribution in [0, 0.1) is 5.92 Å². The number of hydrogen-bond acceptors (Lipinski definition) is 2. The van der Waals surface area contributed by atoms with Crippen molar-refractivity contribution in [3.05, 3.63) is 0 Å². The fraction of sp³-hybridized carbons (Fsp3) is 1.00. The van der Waals surface area contributed by atoms with Crippen molar-refractivity contribution in [3.63, 3.8) is 0 Å². The molecule has 0 bridgehead atoms. The fourth-order valence-electron chi connectivity index (χ4n) is 3.46. The van der Waals surface area contributed by atoms with Crippen LogP contribution in [0.15, 0.2) is 0 Å². The van der Waals surface area contributed by atoms with Crippen LogP contribution in [0.4, 0.5) is 13.2 Å². The molecule has 2 aliphatic rings. The van der Waals surface area contributed by atoms with Crippen LogP contribution in [-0.4, -0.2) is 43.3 Å². The number of nitrogens with zero attached hydrogens (tertiary/aromatic N) is 1. The molecule has 1 saturated carbocycles. The number of rotatable bonds is 3. The van der Waals surface area contributed by atoms with E-state index in [-0.39, 0.29) is 6.04 Å². The van der Waals surface area contributed by atoms with Crippen LogP contribution in [0.3, 0.4) is 0 Å². The molecule has 1 aliphatic carbocycles. The molecular formula is C13H23F3N2. The van der Waals surface area contributed by atoms with Crippen molar-refractivity contribution in [3.8, 4) is 0 Å². The number of likely N-dealkylation sites (N-methyl/N-ethyl adjacent to an activating group) is 1. The van der Waals surface area contributed by atoms with Gasteiger partial charge in [0.25, 0.3) is 0 Å². The third kappa shape index (κ3) is 4.12. The van der Waals surface area contributed by atoms with Crippen molar-refractivity contribution in [2.24, 2.45) is 5.92 Å². The highest BCUT2D eigenvalue weighted by Crippen LogP contribution is 2.32. The maximum absolute atomic E-state index is 12.3. The summed E-state index contributed by atoms with van der Waals surface area (Å²) in [4.78, 5) is 1.39. The molecule has 2 rings (SSSR count). The van der Waals surface area contributed by atoms with Crippen LogP contribution >= 0.6 is 0 Å². The van der Waals surface area contributed by atoms with Crippen LogP contribution in [-0.2, 0) is 0 Å². The molecule has 0 aromatic heterocycles. The summed E-state index contributed by atoms with van der Waals surface area (Å²) >= 11 is 0. The van der Waals surface area contributed by atoms with Gasteiger partial charge in [-0.3, -0.25) is 4.90 Å². The lowest BCUT2D eigenvalue weighted by Gasteiger charge is -2.41. The van der Waals surface area contributed by atoms with E-state index in [9.17, 15) is 13.2 Å². The highest BCUT2D eigenvalue weighted by atomic mass is 19.4. The molecule has 3 unspecified atom stereocenters. The third-order valence-electron chi connectivity index (χ3n) is 4.23. The van der Waals surface area contributed by atoms with Gasteiger partial charge in [0.05, 0.1) is 6.54 Å². The van der Waals surface area contributed by atoms with Gasteiger partial charge in [-0.2, -0.15) is 13.2 Å². The molecule has 5 heteroatoms. The van der Waals surface area contributed by atoms with Gasteiger partial charge in [0, 0.05) is 18.6 Å². The molecule has 1 aliphatic heterocycles. The summed E-state index contributed by atoms with van der Waals surface area (Å²) in [7, 11) is 1.56. The third-order valence-corrected chi connectivity index (χ3v) is 4.23. The first-order chi connectivity index (χ1) is 8.44. The fourth-order valence-corrected chi connectivity index (χ4v) is 3.46. The van der Waals surface area contributed by atoms with Gasteiger partial charge in [0.2, 0.25) is 0 Å². The van der Waals surface area contributed by atoms with Crippen LogP contribution in [0.5, 0.6) is 0 Å². The zero-order valence-electron chi connectivity index (χ0n) is 11.0. The summed E-state index contributed by atoms with van der Waals surface area (Å²) in [5.74, 6) is 0.767. The van der Waals surface area contributed by atoms with E-state index in [0.717, 1.165) is 12.3 Å². The molecule has 0 amide bonds. The van der Waals surface area contributed by atoms with Gasteiger partial charge in [-0.25, -0.2) is 0 Å². The topological polar surface area (TPSA) is 15.3 Å². The van der Waals surface area contributed by atoms with Crippen molar-refractivity contribution >= 4 is 0 Å². The van der Waals surface area contributed by atoms with Crippen molar-refractivity contribution in [1.82, 2.24) is 10.2 Å². The zero-order chi connectivity index (χ0) is 13.2. The molecule has 0 spiro atoms. The van der Waals surface area contributed by atoms with Gasteiger partial charge in [-0.1, -0.05) is 12.8 Å². The van der Waals surface area contributed by atoms with Crippen molar-refractivity contribution < 1.29 is 13.2 Å². The molecule has 1 heterocycles. The Kier molecular flexibility index (Phi) is 4.54. The summed E-state index contributed by atoms with van der Waals surface area (Å²) in [6, 6.07) is 0.786. The number of nitrogens with one attached hydrogen (secondary N) is 1. The lowest BCUT2D eigenvalue weighted by atomic mass is 9.78. The smallest absolute Gasteiger partial charge is 0.310 e. The van der Waals surface area contributed by atoms with Crippen LogP contribution in [0.1, 0.15) is 38.5 Å². The number of fused-ring (bicyclic) bond motifs is 1. The van der Waals surface area contributed by atoms with E-state index in [1.54, 1.807) is 7.05 Å². The van der Waals surface area contributed by atoms with E-state index in [4.69, 9.17) is 0 Å². The first-order valence-corrected chi connectivity index (χ1v) is 6.95. The quantitative estimate of drug-likeness (QED) is 0.843. The number of alkyl halides is 3. The van der Waals surface area contributed by atoms with E-state index in [2.05, 4.69) is 5.32 Å². The number of halogens is 3. The first kappa shape index (κ1) is 14.1. The number of piperidine rings is 1. The Morgan fingerprint density at radius 1 is 1.11 bits per heavy atom. The summed E-state index contributed by atoms with van der Waals surface area (Å²) in [6.07, 6.45) is 3.19. The molecular weight excluding hydrogens is 241 g/mol. The minimum atomic E-state index is -4.09. The Morgan fingerprint density at radius 2 is 1.83 bits per heavy atom. The maximum Gasteiger partial charge on any atom is 0.401 e. The van der Waals surface area contributed by atoms with Gasteiger partial charge < -0.3 is 5.32 Å². The second-order valence-electron chi connectivity index (χ2n) is 5.90. The highest BCUT2D eigenvalue weighted by molar-refractivity contribution is 4.90. The Morgan fingerprint density at radius 3 is 2.56 bits per heavy atom. The van der Waals surface area contributed by atoms with Gasteiger partial charge in [-0.05, 0) is 38.6 Å². The lowest BCUT2D eigenvalue weighted by molar-refractivity contribution is -0.143. The summed E-state index contributed by atoms with van der Waals surface area (Å²) in [5, 5.41) is 3.56. The summed E-state index contributed by atoms with van der Waals surface area (Å²) in [5.41, 5.74) is 0. The van der Waals surface area contributed by atoms with Gasteiger partial charge in [-0.15, -0.1) is 0 Å². The maximum atomic E-state index is 12.3. The molecule has 3 atom stereocenters. The predicted molar refractivity (Wildman–Crippen MR) is 65.5 cm³/mol. The molecule has 0 radical (unpaired) electrons. The van der Waals surface area contributed by atoms with E-state index in [1.807, 2.05) is 0 Å². The van der Waals surface area contributed by atoms with Crippen LogP contribution in [0.25, 0.3) is 0 Å². The second-order valence-corrected chi connectivity index (χ2v) is 5.90. The summed E-state index contributed by atoms with van der Waals surface area (Å²) < 4.78 is 36.8. The van der Waals surface area contributed by atoms with Crippen LogP contribution in [0.2, 0.25) is 0 Å². The van der Waals surface area contributed by atoms with Gasteiger partial charge in [0.15, 0.2) is 0 Å². The molecule has 106 valence electrons. The SMILES string of the molecule is CN(CC1CCC2CCCCC2N1)CC(F)(F)F. The minimum Gasteiger partial charge on any atom is -0.310 e. The molecule has 1 N–H and O–H groups in total. The normalized spacial score (nSPS) is 33.5. The predicted octanol–water partition coefficient (Wildman–Crippen LogP) is 2.79. The molecule has 18 heavy (non-hydrogen) atoms. The first-order valence-electron chi connectivity index (χ1n) is 6.95. The van der Waals surface area contributed by atoms with Crippen molar-refractivity contribution in [2.45, 2.75) is 56.8 Å². The lowest BCUT2D eigenvalue weighted by Crippen LogP contribution is -2.53. The highest BCUT2D eigenvalue weighted by Gasteiger charge is 2.34. The number of hydrogen-bond donors (Lipinski definition) is 1. The van der Waals surface area contributed by atoms with Crippen LogP contribution < -0.4 is 5.32 Å².